The Balaban J connectivity index is 2.26. The van der Waals surface area contributed by atoms with Gasteiger partial charge in [0.1, 0.15) is 0 Å². The first-order chi connectivity index (χ1) is 7.37. The number of amides is 1. The Hall–Kier alpha value is -0.660. The maximum atomic E-state index is 11.5. The predicted octanol–water partition coefficient (Wildman–Crippen LogP) is -1.09. The van der Waals surface area contributed by atoms with E-state index < -0.39 is 10.0 Å². The molecule has 1 rings (SSSR count). The van der Waals surface area contributed by atoms with E-state index in [0.29, 0.717) is 13.0 Å². The van der Waals surface area contributed by atoms with E-state index in [2.05, 4.69) is 5.32 Å². The highest BCUT2D eigenvalue weighted by Gasteiger charge is 2.37. The second kappa shape index (κ2) is 5.11. The minimum atomic E-state index is -3.50. The lowest BCUT2D eigenvalue weighted by molar-refractivity contribution is -0.124. The molecule has 94 valence electrons. The summed E-state index contributed by atoms with van der Waals surface area (Å²) in [6, 6.07) is 0. The average Bonchev–Trinajstić information content (AvgIpc) is 2.09. The van der Waals surface area contributed by atoms with Crippen molar-refractivity contribution in [3.05, 3.63) is 0 Å². The van der Waals surface area contributed by atoms with Gasteiger partial charge >= 0.3 is 0 Å². The number of rotatable bonds is 6. The van der Waals surface area contributed by atoms with Crippen molar-refractivity contribution in [1.82, 2.24) is 5.32 Å². The molecule has 0 bridgehead atoms. The Morgan fingerprint density at radius 2 is 2.00 bits per heavy atom. The van der Waals surface area contributed by atoms with Crippen LogP contribution in [-0.2, 0) is 14.8 Å². The van der Waals surface area contributed by atoms with E-state index in [-0.39, 0.29) is 23.6 Å². The zero-order valence-electron chi connectivity index (χ0n) is 9.24. The third kappa shape index (κ3) is 4.07. The Kier molecular flexibility index (Phi) is 4.28. The van der Waals surface area contributed by atoms with Gasteiger partial charge in [-0.25, -0.2) is 13.6 Å². The predicted molar refractivity (Wildman–Crippen MR) is 60.9 cm³/mol. The summed E-state index contributed by atoms with van der Waals surface area (Å²) in [6.07, 6.45) is 3.45. The average molecular weight is 249 g/mol. The minimum absolute atomic E-state index is 0.0499. The maximum Gasteiger partial charge on any atom is 0.220 e. The molecule has 0 saturated heterocycles. The summed E-state index contributed by atoms with van der Waals surface area (Å²) >= 11 is 0. The van der Waals surface area contributed by atoms with Crippen molar-refractivity contribution < 1.29 is 13.2 Å². The summed E-state index contributed by atoms with van der Waals surface area (Å²) in [6.45, 7) is 0.577. The number of sulfonamides is 1. The number of nitrogens with one attached hydrogen (secondary N) is 1. The topological polar surface area (TPSA) is 115 Å². The van der Waals surface area contributed by atoms with Crippen molar-refractivity contribution in [2.24, 2.45) is 16.3 Å². The molecule has 16 heavy (non-hydrogen) atoms. The fraction of sp³-hybridized carbons (Fsp3) is 0.889. The molecular weight excluding hydrogens is 230 g/mol. The van der Waals surface area contributed by atoms with Gasteiger partial charge in [-0.15, -0.1) is 0 Å². The highest BCUT2D eigenvalue weighted by Crippen LogP contribution is 2.42. The van der Waals surface area contributed by atoms with E-state index in [0.717, 1.165) is 19.3 Å². The summed E-state index contributed by atoms with van der Waals surface area (Å²) in [5.74, 6) is -0.372. The maximum absolute atomic E-state index is 11.5. The van der Waals surface area contributed by atoms with Gasteiger partial charge in [-0.05, 0) is 24.8 Å². The molecule has 0 aromatic heterocycles. The van der Waals surface area contributed by atoms with Crippen molar-refractivity contribution >= 4 is 15.9 Å². The summed E-state index contributed by atoms with van der Waals surface area (Å²) in [5, 5.41) is 7.36. The van der Waals surface area contributed by atoms with Crippen molar-refractivity contribution in [3.63, 3.8) is 0 Å². The molecule has 0 aliphatic heterocycles. The monoisotopic (exact) mass is 249 g/mol. The van der Waals surface area contributed by atoms with E-state index in [1.54, 1.807) is 0 Å². The van der Waals surface area contributed by atoms with Crippen LogP contribution in [0.2, 0.25) is 0 Å². The van der Waals surface area contributed by atoms with Crippen molar-refractivity contribution in [1.29, 1.82) is 0 Å². The molecule has 1 aliphatic carbocycles. The minimum Gasteiger partial charge on any atom is -0.355 e. The summed E-state index contributed by atoms with van der Waals surface area (Å²) in [5.41, 5.74) is 5.57. The molecule has 1 aliphatic rings. The highest BCUT2D eigenvalue weighted by atomic mass is 32.2. The van der Waals surface area contributed by atoms with Crippen LogP contribution in [0.25, 0.3) is 0 Å². The third-order valence-electron chi connectivity index (χ3n) is 3.09. The van der Waals surface area contributed by atoms with Crippen LogP contribution >= 0.6 is 0 Å². The van der Waals surface area contributed by atoms with Crippen LogP contribution in [0.15, 0.2) is 0 Å². The van der Waals surface area contributed by atoms with Gasteiger partial charge in [0.05, 0.1) is 5.75 Å². The lowest BCUT2D eigenvalue weighted by Crippen LogP contribution is -2.42. The van der Waals surface area contributed by atoms with Crippen LogP contribution in [0.3, 0.4) is 0 Å². The first kappa shape index (κ1) is 13.4. The third-order valence-corrected chi connectivity index (χ3v) is 3.86. The fourth-order valence-corrected chi connectivity index (χ4v) is 2.25. The van der Waals surface area contributed by atoms with Crippen LogP contribution in [0, 0.1) is 5.41 Å². The van der Waals surface area contributed by atoms with Crippen molar-refractivity contribution in [2.45, 2.75) is 25.7 Å². The molecule has 6 nitrogen and oxygen atoms in total. The van der Waals surface area contributed by atoms with Gasteiger partial charge in [-0.3, -0.25) is 4.79 Å². The van der Waals surface area contributed by atoms with Gasteiger partial charge in [-0.1, -0.05) is 6.42 Å². The van der Waals surface area contributed by atoms with Gasteiger partial charge in [0.25, 0.3) is 0 Å². The Bertz CT molecular complexity index is 344. The second-order valence-corrected chi connectivity index (χ2v) is 6.19. The van der Waals surface area contributed by atoms with Gasteiger partial charge in [-0.2, -0.15) is 0 Å². The zero-order valence-corrected chi connectivity index (χ0v) is 10.1. The standard InChI is InChI=1S/C9H19N3O3S/c10-7-9(2-1-3-9)6-8(13)12-4-5-16(11,14)15/h1-7,10H2,(H,12,13)(H2,11,14,15). The largest absolute Gasteiger partial charge is 0.355 e. The number of hydrogen-bond acceptors (Lipinski definition) is 4. The van der Waals surface area contributed by atoms with Gasteiger partial charge < -0.3 is 11.1 Å². The summed E-state index contributed by atoms with van der Waals surface area (Å²) in [7, 11) is -3.50. The second-order valence-electron chi connectivity index (χ2n) is 4.45. The molecule has 1 fully saturated rings. The van der Waals surface area contributed by atoms with E-state index in [9.17, 15) is 13.2 Å². The number of hydrogen-bond donors (Lipinski definition) is 3. The van der Waals surface area contributed by atoms with Gasteiger partial charge in [0.15, 0.2) is 0 Å². The number of primary sulfonamides is 1. The quantitative estimate of drug-likeness (QED) is 0.554. The number of carbonyl (C=O) groups excluding carboxylic acids is 1. The zero-order chi connectivity index (χ0) is 12.2. The Morgan fingerprint density at radius 1 is 1.38 bits per heavy atom. The number of nitrogens with two attached hydrogens (primary N) is 2. The molecule has 5 N–H and O–H groups in total. The molecule has 1 amide bonds. The fourth-order valence-electron chi connectivity index (χ4n) is 1.87. The van der Waals surface area contributed by atoms with E-state index in [1.807, 2.05) is 0 Å². The first-order valence-electron chi connectivity index (χ1n) is 5.34. The molecule has 7 heteroatoms. The summed E-state index contributed by atoms with van der Waals surface area (Å²) < 4.78 is 21.3. The Labute approximate surface area is 95.8 Å². The van der Waals surface area contributed by atoms with Gasteiger partial charge in [0, 0.05) is 13.0 Å². The van der Waals surface area contributed by atoms with Crippen LogP contribution in [0.1, 0.15) is 25.7 Å². The smallest absolute Gasteiger partial charge is 0.220 e. The Morgan fingerprint density at radius 3 is 2.38 bits per heavy atom. The van der Waals surface area contributed by atoms with E-state index >= 15 is 0 Å². The van der Waals surface area contributed by atoms with Gasteiger partial charge in [0.2, 0.25) is 15.9 Å². The van der Waals surface area contributed by atoms with Crippen molar-refractivity contribution in [3.8, 4) is 0 Å². The van der Waals surface area contributed by atoms with E-state index in [4.69, 9.17) is 10.9 Å². The molecule has 0 spiro atoms. The molecule has 0 unspecified atom stereocenters. The molecule has 0 heterocycles. The normalized spacial score (nSPS) is 18.9. The molecule has 0 radical (unpaired) electrons. The SMILES string of the molecule is NCC1(CC(=O)NCCS(N)(=O)=O)CCC1. The molecular formula is C9H19N3O3S. The van der Waals surface area contributed by atoms with E-state index in [1.165, 1.54) is 0 Å². The molecule has 1 saturated carbocycles. The van der Waals surface area contributed by atoms with Crippen molar-refractivity contribution in [2.75, 3.05) is 18.8 Å². The first-order valence-corrected chi connectivity index (χ1v) is 7.06. The lowest BCUT2D eigenvalue weighted by Gasteiger charge is -2.40. The molecule has 0 aromatic rings. The molecule has 0 atom stereocenters. The lowest BCUT2D eigenvalue weighted by atomic mass is 9.66. The summed E-state index contributed by atoms with van der Waals surface area (Å²) in [4.78, 5) is 11.5. The molecule has 0 aromatic carbocycles. The van der Waals surface area contributed by atoms with Crippen LogP contribution < -0.4 is 16.2 Å². The van der Waals surface area contributed by atoms with Crippen LogP contribution in [0.4, 0.5) is 0 Å². The van der Waals surface area contributed by atoms with Crippen LogP contribution in [0.5, 0.6) is 0 Å². The number of carbonyl (C=O) groups is 1. The highest BCUT2D eigenvalue weighted by molar-refractivity contribution is 7.89. The van der Waals surface area contributed by atoms with Crippen LogP contribution in [-0.4, -0.2) is 33.2 Å².